The molecule has 1 aromatic heterocycles. The molecule has 1 heterocycles. The van der Waals surface area contributed by atoms with E-state index in [1.807, 2.05) is 31.2 Å². The number of hydrogen-bond donors (Lipinski definition) is 2. The molecule has 2 aromatic rings. The van der Waals surface area contributed by atoms with Crippen LogP contribution in [0.3, 0.4) is 0 Å². The number of anilines is 1. The van der Waals surface area contributed by atoms with Crippen molar-refractivity contribution in [2.24, 2.45) is 5.10 Å². The van der Waals surface area contributed by atoms with Crippen molar-refractivity contribution in [3.63, 3.8) is 0 Å². The zero-order valence-electron chi connectivity index (χ0n) is 10.3. The quantitative estimate of drug-likeness (QED) is 0.646. The minimum absolute atomic E-state index is 0.125. The molecule has 98 valence electrons. The Morgan fingerprint density at radius 2 is 2.26 bits per heavy atom. The first kappa shape index (κ1) is 13.2. The lowest BCUT2D eigenvalue weighted by Gasteiger charge is -1.99. The topological polar surface area (TPSA) is 93.3 Å². The minimum Gasteiger partial charge on any atom is -0.374 e. The van der Waals surface area contributed by atoms with E-state index in [4.69, 9.17) is 5.73 Å². The monoisotopic (exact) mass is 275 g/mol. The number of aromatic nitrogens is 2. The van der Waals surface area contributed by atoms with Crippen molar-refractivity contribution in [1.82, 2.24) is 15.6 Å². The van der Waals surface area contributed by atoms with E-state index in [1.165, 1.54) is 11.3 Å². The van der Waals surface area contributed by atoms with Crippen LogP contribution in [-0.2, 0) is 11.2 Å². The van der Waals surface area contributed by atoms with Gasteiger partial charge in [0.05, 0.1) is 12.6 Å². The zero-order chi connectivity index (χ0) is 13.7. The van der Waals surface area contributed by atoms with Gasteiger partial charge >= 0.3 is 0 Å². The van der Waals surface area contributed by atoms with Gasteiger partial charge in [0.2, 0.25) is 11.0 Å². The summed E-state index contributed by atoms with van der Waals surface area (Å²) in [5.74, 6) is -0.249. The number of hydrazone groups is 1. The molecule has 0 atom stereocenters. The molecule has 0 radical (unpaired) electrons. The smallest absolute Gasteiger partial charge is 0.247 e. The Bertz CT molecular complexity index is 608. The molecule has 3 N–H and O–H groups in total. The van der Waals surface area contributed by atoms with Gasteiger partial charge in [-0.05, 0) is 18.1 Å². The highest BCUT2D eigenvalue weighted by atomic mass is 32.1. The van der Waals surface area contributed by atoms with E-state index in [0.29, 0.717) is 10.1 Å². The molecular formula is C12H13N5OS. The number of nitrogen functional groups attached to an aromatic ring is 1. The Hall–Kier alpha value is -2.28. The molecule has 0 unspecified atom stereocenters. The summed E-state index contributed by atoms with van der Waals surface area (Å²) in [5, 5.41) is 12.2. The van der Waals surface area contributed by atoms with Crippen molar-refractivity contribution >= 4 is 28.6 Å². The molecule has 0 aliphatic heterocycles. The van der Waals surface area contributed by atoms with Crippen LogP contribution in [0.5, 0.6) is 0 Å². The summed E-state index contributed by atoms with van der Waals surface area (Å²) in [6.07, 6.45) is 1.74. The van der Waals surface area contributed by atoms with E-state index in [0.717, 1.165) is 11.1 Å². The third-order valence-electron chi connectivity index (χ3n) is 2.38. The Morgan fingerprint density at radius 1 is 1.47 bits per heavy atom. The SMILES string of the molecule is Cc1ccccc1/C=N/NC(=O)Cc1nnc(N)s1. The average Bonchev–Trinajstić information content (AvgIpc) is 2.77. The molecule has 1 aromatic carbocycles. The molecule has 0 saturated carbocycles. The third kappa shape index (κ3) is 3.85. The number of nitrogens with one attached hydrogen (secondary N) is 1. The predicted octanol–water partition coefficient (Wildman–Crippen LogP) is 1.12. The molecule has 0 saturated heterocycles. The summed E-state index contributed by atoms with van der Waals surface area (Å²) in [6.45, 7) is 1.98. The van der Waals surface area contributed by atoms with Gasteiger partial charge in [-0.1, -0.05) is 35.6 Å². The molecule has 0 bridgehead atoms. The first-order valence-corrected chi connectivity index (χ1v) is 6.42. The van der Waals surface area contributed by atoms with Crippen LogP contribution in [0.15, 0.2) is 29.4 Å². The summed E-state index contributed by atoms with van der Waals surface area (Å²) < 4.78 is 0. The number of nitrogens with two attached hydrogens (primary N) is 1. The van der Waals surface area contributed by atoms with E-state index >= 15 is 0 Å². The van der Waals surface area contributed by atoms with Crippen LogP contribution < -0.4 is 11.2 Å². The standard InChI is InChI=1S/C12H13N5OS/c1-8-4-2-3-5-9(8)7-14-15-10(18)6-11-16-17-12(13)19-11/h2-5,7H,6H2,1H3,(H2,13,17)(H,15,18)/b14-7+. The zero-order valence-corrected chi connectivity index (χ0v) is 11.1. The van der Waals surface area contributed by atoms with E-state index < -0.39 is 0 Å². The highest BCUT2D eigenvalue weighted by Gasteiger charge is 2.06. The van der Waals surface area contributed by atoms with Crippen molar-refractivity contribution in [3.8, 4) is 0 Å². The largest absolute Gasteiger partial charge is 0.374 e. The molecule has 0 fully saturated rings. The number of amides is 1. The summed E-state index contributed by atoms with van der Waals surface area (Å²) in [5.41, 5.74) is 9.93. The number of hydrogen-bond acceptors (Lipinski definition) is 6. The van der Waals surface area contributed by atoms with Crippen LogP contribution in [0.25, 0.3) is 0 Å². The first-order chi connectivity index (χ1) is 9.15. The maximum Gasteiger partial charge on any atom is 0.247 e. The molecule has 6 nitrogen and oxygen atoms in total. The predicted molar refractivity (Wildman–Crippen MR) is 74.9 cm³/mol. The van der Waals surface area contributed by atoms with Crippen LogP contribution in [0, 0.1) is 6.92 Å². The van der Waals surface area contributed by atoms with Crippen LogP contribution in [-0.4, -0.2) is 22.3 Å². The number of rotatable bonds is 4. The van der Waals surface area contributed by atoms with Gasteiger partial charge in [-0.2, -0.15) is 5.10 Å². The third-order valence-corrected chi connectivity index (χ3v) is 3.13. The van der Waals surface area contributed by atoms with Crippen molar-refractivity contribution < 1.29 is 4.79 Å². The number of carbonyl (C=O) groups is 1. The van der Waals surface area contributed by atoms with Crippen LogP contribution in [0.2, 0.25) is 0 Å². The lowest BCUT2D eigenvalue weighted by Crippen LogP contribution is -2.19. The van der Waals surface area contributed by atoms with Crippen LogP contribution in [0.4, 0.5) is 5.13 Å². The second-order valence-electron chi connectivity index (χ2n) is 3.86. The highest BCUT2D eigenvalue weighted by Crippen LogP contribution is 2.11. The number of benzene rings is 1. The molecule has 0 aliphatic carbocycles. The summed E-state index contributed by atoms with van der Waals surface area (Å²) in [6, 6.07) is 7.77. The van der Waals surface area contributed by atoms with Crippen molar-refractivity contribution in [2.75, 3.05) is 5.73 Å². The highest BCUT2D eigenvalue weighted by molar-refractivity contribution is 7.15. The molecule has 2 rings (SSSR count). The maximum absolute atomic E-state index is 11.6. The number of carbonyl (C=O) groups excluding carboxylic acids is 1. The summed E-state index contributed by atoms with van der Waals surface area (Å²) in [4.78, 5) is 11.6. The lowest BCUT2D eigenvalue weighted by atomic mass is 10.1. The Morgan fingerprint density at radius 3 is 2.95 bits per heavy atom. The molecule has 19 heavy (non-hydrogen) atoms. The number of aryl methyl sites for hydroxylation is 1. The van der Waals surface area contributed by atoms with Gasteiger partial charge in [-0.25, -0.2) is 5.43 Å². The van der Waals surface area contributed by atoms with E-state index in [1.54, 1.807) is 6.21 Å². The molecule has 1 amide bonds. The van der Waals surface area contributed by atoms with Gasteiger partial charge in [0.1, 0.15) is 5.01 Å². The van der Waals surface area contributed by atoms with Crippen LogP contribution in [0.1, 0.15) is 16.1 Å². The normalized spacial score (nSPS) is 10.8. The molecule has 0 aliphatic rings. The second kappa shape index (κ2) is 6.05. The fourth-order valence-corrected chi connectivity index (χ4v) is 2.03. The first-order valence-electron chi connectivity index (χ1n) is 5.60. The van der Waals surface area contributed by atoms with Crippen molar-refractivity contribution in [2.45, 2.75) is 13.3 Å². The van der Waals surface area contributed by atoms with Gasteiger partial charge in [0, 0.05) is 0 Å². The van der Waals surface area contributed by atoms with Gasteiger partial charge in [-0.3, -0.25) is 4.79 Å². The lowest BCUT2D eigenvalue weighted by molar-refractivity contribution is -0.120. The van der Waals surface area contributed by atoms with Crippen LogP contribution >= 0.6 is 11.3 Å². The molecule has 0 spiro atoms. The Balaban J connectivity index is 1.88. The van der Waals surface area contributed by atoms with Crippen molar-refractivity contribution in [3.05, 3.63) is 40.4 Å². The van der Waals surface area contributed by atoms with Gasteiger partial charge < -0.3 is 5.73 Å². The van der Waals surface area contributed by atoms with E-state index in [2.05, 4.69) is 20.7 Å². The molecular weight excluding hydrogens is 262 g/mol. The van der Waals surface area contributed by atoms with E-state index in [9.17, 15) is 4.79 Å². The average molecular weight is 275 g/mol. The second-order valence-corrected chi connectivity index (χ2v) is 4.95. The molecule has 7 heteroatoms. The Kier molecular flexibility index (Phi) is 4.19. The van der Waals surface area contributed by atoms with E-state index in [-0.39, 0.29) is 12.3 Å². The number of nitrogens with zero attached hydrogens (tertiary/aromatic N) is 3. The Labute approximate surface area is 114 Å². The van der Waals surface area contributed by atoms with Crippen molar-refractivity contribution in [1.29, 1.82) is 0 Å². The summed E-state index contributed by atoms with van der Waals surface area (Å²) in [7, 11) is 0. The summed E-state index contributed by atoms with van der Waals surface area (Å²) >= 11 is 1.19. The fourth-order valence-electron chi connectivity index (χ4n) is 1.42. The van der Waals surface area contributed by atoms with Gasteiger partial charge in [0.15, 0.2) is 0 Å². The van der Waals surface area contributed by atoms with Gasteiger partial charge in [0.25, 0.3) is 0 Å². The minimum atomic E-state index is -0.249. The van der Waals surface area contributed by atoms with Gasteiger partial charge in [-0.15, -0.1) is 10.2 Å². The fraction of sp³-hybridized carbons (Fsp3) is 0.167. The maximum atomic E-state index is 11.6.